The number of aromatic nitrogens is 1. The van der Waals surface area contributed by atoms with E-state index in [2.05, 4.69) is 5.43 Å². The molecule has 0 saturated carbocycles. The summed E-state index contributed by atoms with van der Waals surface area (Å²) in [7, 11) is 1.39. The molecule has 7 nitrogen and oxygen atoms in total. The van der Waals surface area contributed by atoms with Crippen LogP contribution in [-0.2, 0) is 4.74 Å². The Morgan fingerprint density at radius 2 is 2.33 bits per heavy atom. The van der Waals surface area contributed by atoms with E-state index in [-0.39, 0.29) is 28.9 Å². The van der Waals surface area contributed by atoms with Crippen molar-refractivity contribution in [2.45, 2.75) is 6.17 Å². The van der Waals surface area contributed by atoms with Crippen LogP contribution in [0.4, 0.5) is 0 Å². The van der Waals surface area contributed by atoms with Gasteiger partial charge in [0.1, 0.15) is 6.17 Å². The number of rotatable bonds is 1. The van der Waals surface area contributed by atoms with Gasteiger partial charge in [-0.05, 0) is 0 Å². The van der Waals surface area contributed by atoms with Gasteiger partial charge in [0.15, 0.2) is 11.4 Å². The normalized spacial score (nSPS) is 21.9. The van der Waals surface area contributed by atoms with Crippen molar-refractivity contribution in [3.63, 3.8) is 0 Å². The fraction of sp³-hybridized carbons (Fsp3) is 0.455. The first-order chi connectivity index (χ1) is 8.72. The lowest BCUT2D eigenvalue weighted by molar-refractivity contribution is -0.00315. The quantitative estimate of drug-likeness (QED) is 0.708. The molecular formula is C11H13N3O4. The van der Waals surface area contributed by atoms with Gasteiger partial charge in [0.25, 0.3) is 5.91 Å². The van der Waals surface area contributed by atoms with Crippen molar-refractivity contribution < 1.29 is 14.3 Å². The average molecular weight is 251 g/mol. The maximum absolute atomic E-state index is 12.4. The van der Waals surface area contributed by atoms with Gasteiger partial charge in [-0.3, -0.25) is 14.3 Å². The van der Waals surface area contributed by atoms with Crippen LogP contribution >= 0.6 is 0 Å². The molecule has 1 aromatic rings. The third kappa shape index (κ3) is 1.47. The molecule has 3 heterocycles. The first-order valence-electron chi connectivity index (χ1n) is 5.67. The van der Waals surface area contributed by atoms with Crippen LogP contribution in [-0.4, -0.2) is 48.5 Å². The van der Waals surface area contributed by atoms with Crippen LogP contribution in [0.1, 0.15) is 10.5 Å². The zero-order valence-electron chi connectivity index (χ0n) is 9.88. The molecular weight excluding hydrogens is 238 g/mol. The maximum atomic E-state index is 12.4. The number of morpholine rings is 1. The van der Waals surface area contributed by atoms with Gasteiger partial charge in [0, 0.05) is 18.8 Å². The second-order valence-electron chi connectivity index (χ2n) is 4.15. The van der Waals surface area contributed by atoms with Crippen LogP contribution in [0.2, 0.25) is 0 Å². The number of hydrogen-bond acceptors (Lipinski definition) is 5. The molecule has 96 valence electrons. The molecule has 0 radical (unpaired) electrons. The number of carbonyl (C=O) groups is 1. The molecule has 1 N–H and O–H groups in total. The van der Waals surface area contributed by atoms with Gasteiger partial charge in [-0.2, -0.15) is 0 Å². The number of pyridine rings is 1. The van der Waals surface area contributed by atoms with E-state index >= 15 is 0 Å². The molecule has 7 heteroatoms. The minimum absolute atomic E-state index is 0.0694. The fourth-order valence-electron chi connectivity index (χ4n) is 2.27. The first-order valence-corrected chi connectivity index (χ1v) is 5.67. The smallest absolute Gasteiger partial charge is 0.278 e. The summed E-state index contributed by atoms with van der Waals surface area (Å²) in [6.45, 7) is 1.44. The number of hydrogen-bond donors (Lipinski definition) is 1. The number of ether oxygens (including phenoxy) is 2. The molecule has 0 bridgehead atoms. The van der Waals surface area contributed by atoms with Crippen molar-refractivity contribution in [1.82, 2.24) is 9.58 Å². The topological polar surface area (TPSA) is 72.8 Å². The molecule has 0 spiro atoms. The molecule has 0 aromatic carbocycles. The summed E-state index contributed by atoms with van der Waals surface area (Å²) >= 11 is 0. The molecule has 0 aliphatic carbocycles. The number of nitrogens with one attached hydrogen (secondary N) is 1. The number of amides is 1. The Balaban J connectivity index is 2.13. The van der Waals surface area contributed by atoms with Crippen molar-refractivity contribution in [2.24, 2.45) is 0 Å². The molecule has 1 aromatic heterocycles. The Labute approximate surface area is 103 Å². The molecule has 1 atom stereocenters. The second-order valence-corrected chi connectivity index (χ2v) is 4.15. The molecule has 1 saturated heterocycles. The van der Waals surface area contributed by atoms with Crippen LogP contribution in [0.3, 0.4) is 0 Å². The number of methoxy groups -OCH3 is 1. The van der Waals surface area contributed by atoms with Crippen LogP contribution in [0.15, 0.2) is 17.1 Å². The summed E-state index contributed by atoms with van der Waals surface area (Å²) in [5, 5.41) is 0. The van der Waals surface area contributed by atoms with Gasteiger partial charge < -0.3 is 19.8 Å². The van der Waals surface area contributed by atoms with Gasteiger partial charge in [-0.25, -0.2) is 0 Å². The predicted molar refractivity (Wildman–Crippen MR) is 62.3 cm³/mol. The van der Waals surface area contributed by atoms with Gasteiger partial charge in [0.2, 0.25) is 5.43 Å². The van der Waals surface area contributed by atoms with E-state index in [4.69, 9.17) is 9.47 Å². The summed E-state index contributed by atoms with van der Waals surface area (Å²) in [5.74, 6) is -0.142. The lowest BCUT2D eigenvalue weighted by atomic mass is 10.2. The Bertz CT molecular complexity index is 554. The molecule has 2 aliphatic rings. The highest BCUT2D eigenvalue weighted by atomic mass is 16.5. The van der Waals surface area contributed by atoms with Crippen molar-refractivity contribution in [3.8, 4) is 5.75 Å². The molecule has 3 rings (SSSR count). The fourth-order valence-corrected chi connectivity index (χ4v) is 2.27. The summed E-state index contributed by atoms with van der Waals surface area (Å²) in [5.41, 5.74) is 3.05. The van der Waals surface area contributed by atoms with E-state index in [1.54, 1.807) is 4.90 Å². The Morgan fingerprint density at radius 1 is 1.50 bits per heavy atom. The van der Waals surface area contributed by atoms with E-state index in [1.807, 2.05) is 0 Å². The number of fused-ring (bicyclic) bond motifs is 2. The lowest BCUT2D eigenvalue weighted by Gasteiger charge is -2.41. The summed E-state index contributed by atoms with van der Waals surface area (Å²) in [6, 6.07) is 1.36. The van der Waals surface area contributed by atoms with Gasteiger partial charge in [-0.15, -0.1) is 0 Å². The van der Waals surface area contributed by atoms with Gasteiger partial charge >= 0.3 is 0 Å². The van der Waals surface area contributed by atoms with Crippen molar-refractivity contribution in [1.29, 1.82) is 0 Å². The zero-order valence-corrected chi connectivity index (χ0v) is 9.88. The van der Waals surface area contributed by atoms with Crippen LogP contribution in [0.25, 0.3) is 0 Å². The Kier molecular flexibility index (Phi) is 2.48. The first kappa shape index (κ1) is 11.1. The molecule has 18 heavy (non-hydrogen) atoms. The minimum Gasteiger partial charge on any atom is -0.491 e. The third-order valence-corrected chi connectivity index (χ3v) is 3.14. The second kappa shape index (κ2) is 4.02. The highest BCUT2D eigenvalue weighted by Crippen LogP contribution is 2.21. The summed E-state index contributed by atoms with van der Waals surface area (Å²) in [6.07, 6.45) is 1.33. The van der Waals surface area contributed by atoms with Crippen LogP contribution < -0.4 is 15.6 Å². The third-order valence-electron chi connectivity index (χ3n) is 3.14. The van der Waals surface area contributed by atoms with Gasteiger partial charge in [-0.1, -0.05) is 0 Å². The lowest BCUT2D eigenvalue weighted by Crippen LogP contribution is -2.59. The van der Waals surface area contributed by atoms with E-state index in [1.165, 1.54) is 24.0 Å². The standard InChI is InChI=1S/C11H13N3O4/c1-17-10-7(15)2-3-14-9(10)11(16)13-4-5-18-6-8(13)12-14/h2-3,8,12H,4-6H2,1H3. The highest BCUT2D eigenvalue weighted by Gasteiger charge is 2.36. The van der Waals surface area contributed by atoms with E-state index < -0.39 is 0 Å². The molecule has 1 amide bonds. The van der Waals surface area contributed by atoms with Crippen LogP contribution in [0.5, 0.6) is 5.75 Å². The molecule has 2 aliphatic heterocycles. The predicted octanol–water partition coefficient (Wildman–Crippen LogP) is -0.787. The molecule has 1 unspecified atom stereocenters. The number of carbonyl (C=O) groups excluding carboxylic acids is 1. The monoisotopic (exact) mass is 251 g/mol. The van der Waals surface area contributed by atoms with Gasteiger partial charge in [0.05, 0.1) is 20.3 Å². The summed E-state index contributed by atoms with van der Waals surface area (Å²) in [4.78, 5) is 25.7. The van der Waals surface area contributed by atoms with Crippen molar-refractivity contribution >= 4 is 5.91 Å². The van der Waals surface area contributed by atoms with E-state index in [0.717, 1.165) is 0 Å². The molecule has 1 fully saturated rings. The van der Waals surface area contributed by atoms with E-state index in [0.29, 0.717) is 19.8 Å². The zero-order chi connectivity index (χ0) is 12.7. The van der Waals surface area contributed by atoms with Crippen molar-refractivity contribution in [2.75, 3.05) is 32.3 Å². The average Bonchev–Trinajstić information content (AvgIpc) is 2.40. The maximum Gasteiger partial charge on any atom is 0.278 e. The largest absolute Gasteiger partial charge is 0.491 e. The Hall–Kier alpha value is -2.02. The Morgan fingerprint density at radius 3 is 3.11 bits per heavy atom. The van der Waals surface area contributed by atoms with Crippen LogP contribution in [0, 0.1) is 0 Å². The SMILES string of the molecule is COc1c2n(ccc1=O)NC1COCCN1C2=O. The van der Waals surface area contributed by atoms with Crippen molar-refractivity contribution in [3.05, 3.63) is 28.2 Å². The summed E-state index contributed by atoms with van der Waals surface area (Å²) < 4.78 is 11.9. The van der Waals surface area contributed by atoms with E-state index in [9.17, 15) is 9.59 Å². The highest BCUT2D eigenvalue weighted by molar-refractivity contribution is 5.96. The minimum atomic E-state index is -0.300. The number of nitrogens with zero attached hydrogens (tertiary/aromatic N) is 2.